The first-order chi connectivity index (χ1) is 21.7. The number of hydrogen-bond donors (Lipinski definition) is 2. The van der Waals surface area contributed by atoms with Crippen molar-refractivity contribution >= 4 is 39.3 Å². The second kappa shape index (κ2) is 14.7. The second-order valence-corrected chi connectivity index (χ2v) is 12.3. The molecule has 0 aromatic heterocycles. The van der Waals surface area contributed by atoms with E-state index >= 15 is 0 Å². The van der Waals surface area contributed by atoms with Crippen LogP contribution in [0.2, 0.25) is 0 Å². The van der Waals surface area contributed by atoms with Gasteiger partial charge < -0.3 is 26.0 Å². The van der Waals surface area contributed by atoms with Crippen molar-refractivity contribution in [2.75, 3.05) is 19.7 Å². The summed E-state index contributed by atoms with van der Waals surface area (Å²) in [7, 11) is 0. The number of benzene rings is 4. The number of fused-ring (bicyclic) bond motifs is 2. The van der Waals surface area contributed by atoms with Crippen LogP contribution in [0.15, 0.2) is 84.9 Å². The topological polar surface area (TPSA) is 119 Å². The van der Waals surface area contributed by atoms with Gasteiger partial charge in [0.15, 0.2) is 0 Å². The lowest BCUT2D eigenvalue weighted by atomic mass is 9.96. The lowest BCUT2D eigenvalue weighted by Crippen LogP contribution is -2.64. The number of esters is 1. The zero-order chi connectivity index (χ0) is 31.9. The van der Waals surface area contributed by atoms with Crippen LogP contribution < -0.4 is 11.5 Å². The summed E-state index contributed by atoms with van der Waals surface area (Å²) in [5.74, 6) is -0.546. The molecule has 1 fully saturated rings. The highest BCUT2D eigenvalue weighted by atomic mass is 16.5. The zero-order valence-corrected chi connectivity index (χ0v) is 26.2. The number of nitrogens with two attached hydrogens (primary N) is 2. The van der Waals surface area contributed by atoms with E-state index in [0.717, 1.165) is 39.1 Å². The molecule has 4 aromatic carbocycles. The lowest BCUT2D eigenvalue weighted by molar-refractivity contribution is -0.148. The first kappa shape index (κ1) is 32.1. The summed E-state index contributed by atoms with van der Waals surface area (Å²) in [4.78, 5) is 42.5. The molecule has 4 N–H and O–H groups in total. The smallest absolute Gasteiger partial charge is 0.302 e. The average molecular weight is 609 g/mol. The molecule has 1 heterocycles. The molecule has 236 valence electrons. The van der Waals surface area contributed by atoms with E-state index in [1.165, 1.54) is 6.92 Å². The minimum atomic E-state index is -0.709. The minimum Gasteiger partial charge on any atom is -0.466 e. The Morgan fingerprint density at radius 2 is 1.24 bits per heavy atom. The van der Waals surface area contributed by atoms with Crippen LogP contribution in [0.1, 0.15) is 44.2 Å². The van der Waals surface area contributed by atoms with Crippen LogP contribution in [0.25, 0.3) is 21.5 Å². The maximum atomic E-state index is 13.9. The van der Waals surface area contributed by atoms with Crippen molar-refractivity contribution in [3.05, 3.63) is 96.1 Å². The Hall–Kier alpha value is -4.27. The largest absolute Gasteiger partial charge is 0.466 e. The fourth-order valence-electron chi connectivity index (χ4n) is 6.40. The van der Waals surface area contributed by atoms with Gasteiger partial charge in [-0.15, -0.1) is 0 Å². The Morgan fingerprint density at radius 1 is 0.733 bits per heavy atom. The van der Waals surface area contributed by atoms with Crippen LogP contribution in [-0.2, 0) is 32.0 Å². The van der Waals surface area contributed by atoms with Gasteiger partial charge in [-0.05, 0) is 71.7 Å². The first-order valence-electron chi connectivity index (χ1n) is 15.9. The zero-order valence-electron chi connectivity index (χ0n) is 26.2. The number of unbranched alkanes of at least 4 members (excludes halogenated alkanes) is 1. The molecular weight excluding hydrogens is 564 g/mol. The Morgan fingerprint density at radius 3 is 1.78 bits per heavy atom. The van der Waals surface area contributed by atoms with Crippen LogP contribution in [-0.4, -0.2) is 71.4 Å². The van der Waals surface area contributed by atoms with Gasteiger partial charge in [0, 0.05) is 32.1 Å². The van der Waals surface area contributed by atoms with E-state index < -0.39 is 12.1 Å². The molecule has 4 aromatic rings. The standard InChI is InChI=1S/C37H44N4O4/c1-25-23-41(37(44)35(39)22-28-15-17-30-10-4-6-12-32(30)20-28)33(13-7-8-18-45-26(2)42)24-40(25)36(43)34(38)21-27-14-16-29-9-3-5-11-31(29)19-27/h3-6,9-12,14-17,19-20,25,33-35H,7-8,13,18,21-24,38-39H2,1-2H3/t25-,33?,34-,35-/m1/s1. The molecule has 2 amide bonds. The fourth-order valence-corrected chi connectivity index (χ4v) is 6.40. The van der Waals surface area contributed by atoms with Gasteiger partial charge in [-0.1, -0.05) is 84.9 Å². The van der Waals surface area contributed by atoms with Gasteiger partial charge in [0.25, 0.3) is 0 Å². The number of amides is 2. The van der Waals surface area contributed by atoms with Crippen LogP contribution in [0.5, 0.6) is 0 Å². The summed E-state index contributed by atoms with van der Waals surface area (Å²) >= 11 is 0. The van der Waals surface area contributed by atoms with Gasteiger partial charge in [0.2, 0.25) is 11.8 Å². The summed E-state index contributed by atoms with van der Waals surface area (Å²) in [5.41, 5.74) is 15.1. The van der Waals surface area contributed by atoms with Crippen molar-refractivity contribution in [2.45, 2.75) is 70.1 Å². The number of piperazine rings is 1. The monoisotopic (exact) mass is 608 g/mol. The third-order valence-corrected chi connectivity index (χ3v) is 8.82. The molecule has 1 saturated heterocycles. The number of nitrogens with zero attached hydrogens (tertiary/aromatic N) is 2. The molecule has 8 nitrogen and oxygen atoms in total. The predicted molar refractivity (Wildman–Crippen MR) is 178 cm³/mol. The molecule has 0 spiro atoms. The molecule has 8 heteroatoms. The lowest BCUT2D eigenvalue weighted by Gasteiger charge is -2.47. The number of hydrogen-bond acceptors (Lipinski definition) is 6. The summed E-state index contributed by atoms with van der Waals surface area (Å²) in [5, 5.41) is 4.51. The second-order valence-electron chi connectivity index (χ2n) is 12.3. The maximum Gasteiger partial charge on any atom is 0.302 e. The molecule has 4 atom stereocenters. The van der Waals surface area contributed by atoms with Gasteiger partial charge in [0.1, 0.15) is 0 Å². The number of carbonyl (C=O) groups excluding carboxylic acids is 3. The molecular formula is C37H44N4O4. The van der Waals surface area contributed by atoms with Gasteiger partial charge in [-0.2, -0.15) is 0 Å². The van der Waals surface area contributed by atoms with Gasteiger partial charge in [-0.25, -0.2) is 0 Å². The van der Waals surface area contributed by atoms with Crippen LogP contribution in [0.3, 0.4) is 0 Å². The number of carbonyl (C=O) groups is 3. The maximum absolute atomic E-state index is 13.9. The summed E-state index contributed by atoms with van der Waals surface area (Å²) in [6, 6.07) is 26.8. The normalized spacial score (nSPS) is 18.1. The van der Waals surface area contributed by atoms with Crippen molar-refractivity contribution in [3.8, 4) is 0 Å². The third-order valence-electron chi connectivity index (χ3n) is 8.82. The Labute approximate surface area is 265 Å². The summed E-state index contributed by atoms with van der Waals surface area (Å²) in [6.07, 6.45) is 2.92. The Balaban J connectivity index is 1.27. The van der Waals surface area contributed by atoms with E-state index in [1.807, 2.05) is 53.1 Å². The quantitative estimate of drug-likeness (QED) is 0.190. The molecule has 1 aliphatic rings. The fraction of sp³-hybridized carbons (Fsp3) is 0.378. The summed E-state index contributed by atoms with van der Waals surface area (Å²) < 4.78 is 5.11. The third kappa shape index (κ3) is 8.07. The molecule has 5 rings (SSSR count). The molecule has 0 aliphatic carbocycles. The molecule has 1 unspecified atom stereocenters. The Kier molecular flexibility index (Phi) is 10.5. The van der Waals surface area contributed by atoms with E-state index in [1.54, 1.807) is 0 Å². The van der Waals surface area contributed by atoms with Crippen molar-refractivity contribution in [1.29, 1.82) is 0 Å². The molecule has 45 heavy (non-hydrogen) atoms. The van der Waals surface area contributed by atoms with Crippen molar-refractivity contribution in [2.24, 2.45) is 11.5 Å². The van der Waals surface area contributed by atoms with Crippen molar-refractivity contribution in [3.63, 3.8) is 0 Å². The van der Waals surface area contributed by atoms with E-state index in [4.69, 9.17) is 16.2 Å². The highest BCUT2D eigenvalue weighted by Gasteiger charge is 2.39. The SMILES string of the molecule is CC(=O)OCCCCC1CN(C(=O)[C@H](N)Cc2ccc3ccccc3c2)[C@H](C)CN1C(=O)[C@H](N)Cc1ccc2ccccc2c1. The predicted octanol–water partition coefficient (Wildman–Crippen LogP) is 4.59. The highest BCUT2D eigenvalue weighted by Crippen LogP contribution is 2.24. The van der Waals surface area contributed by atoms with Crippen molar-refractivity contribution in [1.82, 2.24) is 9.80 Å². The number of ether oxygens (including phenoxy) is 1. The average Bonchev–Trinajstić information content (AvgIpc) is 3.04. The molecule has 1 aliphatic heterocycles. The molecule has 0 bridgehead atoms. The van der Waals surface area contributed by atoms with E-state index in [0.29, 0.717) is 45.4 Å². The van der Waals surface area contributed by atoms with Gasteiger partial charge >= 0.3 is 5.97 Å². The highest BCUT2D eigenvalue weighted by molar-refractivity contribution is 5.87. The van der Waals surface area contributed by atoms with Crippen molar-refractivity contribution < 1.29 is 19.1 Å². The minimum absolute atomic E-state index is 0.117. The van der Waals surface area contributed by atoms with Crippen LogP contribution in [0, 0.1) is 0 Å². The van der Waals surface area contributed by atoms with E-state index in [9.17, 15) is 14.4 Å². The summed E-state index contributed by atoms with van der Waals surface area (Å²) in [6.45, 7) is 4.45. The Bertz CT molecular complexity index is 1660. The van der Waals surface area contributed by atoms with Gasteiger partial charge in [0.05, 0.1) is 18.7 Å². The van der Waals surface area contributed by atoms with Crippen LogP contribution >= 0.6 is 0 Å². The van der Waals surface area contributed by atoms with E-state index in [2.05, 4.69) is 48.5 Å². The van der Waals surface area contributed by atoms with E-state index in [-0.39, 0.29) is 29.9 Å². The molecule has 0 radical (unpaired) electrons. The first-order valence-corrected chi connectivity index (χ1v) is 15.9. The van der Waals surface area contributed by atoms with Crippen LogP contribution in [0.4, 0.5) is 0 Å². The number of rotatable bonds is 11. The molecule has 0 saturated carbocycles. The van der Waals surface area contributed by atoms with Gasteiger partial charge in [-0.3, -0.25) is 14.4 Å².